The summed E-state index contributed by atoms with van der Waals surface area (Å²) < 4.78 is 2.04. The van der Waals surface area contributed by atoms with Crippen LogP contribution in [-0.4, -0.2) is 9.55 Å². The molecule has 0 unspecified atom stereocenters. The summed E-state index contributed by atoms with van der Waals surface area (Å²) in [6.45, 7) is 7.16. The van der Waals surface area contributed by atoms with Crippen LogP contribution in [0.5, 0.6) is 0 Å². The summed E-state index contributed by atoms with van der Waals surface area (Å²) in [6, 6.07) is 7.64. The molecule has 0 aliphatic carbocycles. The molecule has 0 amide bonds. The fraction of sp³-hybridized carbons (Fsp3) is 0.357. The van der Waals surface area contributed by atoms with Gasteiger partial charge in [-0.3, -0.25) is 0 Å². The van der Waals surface area contributed by atoms with E-state index in [0.29, 0.717) is 16.8 Å². The molecule has 1 aromatic heterocycles. The number of nitrogens with zero attached hydrogens (tertiary/aromatic N) is 2. The molecular weight excluding hydrogens is 246 g/mol. The van der Waals surface area contributed by atoms with Crippen LogP contribution in [0.2, 0.25) is 5.02 Å². The second-order valence-corrected chi connectivity index (χ2v) is 5.28. The minimum Gasteiger partial charge on any atom is -0.383 e. The number of nitrogen functional groups attached to an aromatic ring is 1. The van der Waals surface area contributed by atoms with E-state index in [1.807, 2.05) is 35.8 Å². The second kappa shape index (κ2) is 5.02. The summed E-state index contributed by atoms with van der Waals surface area (Å²) >= 11 is 6.19. The van der Waals surface area contributed by atoms with E-state index < -0.39 is 0 Å². The molecule has 2 N–H and O–H groups in total. The highest BCUT2D eigenvalue weighted by molar-refractivity contribution is 6.33. The SMILES string of the molecule is Cc1nc(-c2ccccc2Cl)c(N)n1CC(C)C. The topological polar surface area (TPSA) is 43.8 Å². The smallest absolute Gasteiger partial charge is 0.131 e. The van der Waals surface area contributed by atoms with Crippen LogP contribution >= 0.6 is 11.6 Å². The number of halogens is 1. The zero-order valence-corrected chi connectivity index (χ0v) is 11.7. The predicted octanol–water partition coefficient (Wildman–Crippen LogP) is 3.75. The average molecular weight is 264 g/mol. The van der Waals surface area contributed by atoms with Gasteiger partial charge in [0.1, 0.15) is 17.3 Å². The zero-order chi connectivity index (χ0) is 13.3. The van der Waals surface area contributed by atoms with Crippen molar-refractivity contribution in [2.24, 2.45) is 5.92 Å². The van der Waals surface area contributed by atoms with Crippen LogP contribution in [-0.2, 0) is 6.54 Å². The van der Waals surface area contributed by atoms with Crippen molar-refractivity contribution in [2.45, 2.75) is 27.3 Å². The quantitative estimate of drug-likeness (QED) is 0.917. The summed E-state index contributed by atoms with van der Waals surface area (Å²) in [5.41, 5.74) is 7.86. The summed E-state index contributed by atoms with van der Waals surface area (Å²) in [5, 5.41) is 0.679. The van der Waals surface area contributed by atoms with Crippen LogP contribution in [0.4, 0.5) is 5.82 Å². The van der Waals surface area contributed by atoms with Crippen LogP contribution in [0.25, 0.3) is 11.3 Å². The fourth-order valence-electron chi connectivity index (χ4n) is 2.03. The highest BCUT2D eigenvalue weighted by Gasteiger charge is 2.16. The van der Waals surface area contributed by atoms with Gasteiger partial charge in [-0.15, -0.1) is 0 Å². The van der Waals surface area contributed by atoms with Gasteiger partial charge in [0.05, 0.1) is 5.02 Å². The lowest BCUT2D eigenvalue weighted by atomic mass is 10.1. The molecule has 0 radical (unpaired) electrons. The lowest BCUT2D eigenvalue weighted by molar-refractivity contribution is 0.518. The normalized spacial score (nSPS) is 11.2. The summed E-state index contributed by atoms with van der Waals surface area (Å²) in [6.07, 6.45) is 0. The third-order valence-corrected chi connectivity index (χ3v) is 3.20. The van der Waals surface area contributed by atoms with E-state index in [0.717, 1.165) is 23.6 Å². The van der Waals surface area contributed by atoms with Gasteiger partial charge >= 0.3 is 0 Å². The Morgan fingerprint density at radius 1 is 1.33 bits per heavy atom. The second-order valence-electron chi connectivity index (χ2n) is 4.88. The van der Waals surface area contributed by atoms with Gasteiger partial charge < -0.3 is 10.3 Å². The van der Waals surface area contributed by atoms with Crippen LogP contribution in [0.15, 0.2) is 24.3 Å². The molecule has 0 spiro atoms. The standard InChI is InChI=1S/C14H18ClN3/c1-9(2)8-18-10(3)17-13(14(18)16)11-6-4-5-7-12(11)15/h4-7,9H,8,16H2,1-3H3. The molecule has 1 heterocycles. The number of hydrogen-bond acceptors (Lipinski definition) is 2. The van der Waals surface area contributed by atoms with Gasteiger partial charge in [0.2, 0.25) is 0 Å². The number of rotatable bonds is 3. The number of aromatic nitrogens is 2. The number of anilines is 1. The van der Waals surface area contributed by atoms with Crippen molar-refractivity contribution < 1.29 is 0 Å². The van der Waals surface area contributed by atoms with Crippen LogP contribution in [0.1, 0.15) is 19.7 Å². The van der Waals surface area contributed by atoms with Gasteiger partial charge in [0.15, 0.2) is 0 Å². The largest absolute Gasteiger partial charge is 0.383 e. The number of imidazole rings is 1. The maximum atomic E-state index is 6.20. The third-order valence-electron chi connectivity index (χ3n) is 2.87. The van der Waals surface area contributed by atoms with Crippen molar-refractivity contribution in [3.05, 3.63) is 35.1 Å². The van der Waals surface area contributed by atoms with Crippen molar-refractivity contribution >= 4 is 17.4 Å². The van der Waals surface area contributed by atoms with Crippen LogP contribution in [0, 0.1) is 12.8 Å². The molecule has 1 aromatic carbocycles. The molecule has 18 heavy (non-hydrogen) atoms. The lowest BCUT2D eigenvalue weighted by Gasteiger charge is -2.10. The Bertz CT molecular complexity index is 558. The lowest BCUT2D eigenvalue weighted by Crippen LogP contribution is -2.09. The van der Waals surface area contributed by atoms with Gasteiger partial charge in [0.25, 0.3) is 0 Å². The Balaban J connectivity index is 2.51. The van der Waals surface area contributed by atoms with Gasteiger partial charge in [-0.25, -0.2) is 4.98 Å². The average Bonchev–Trinajstić information content (AvgIpc) is 2.57. The molecule has 96 valence electrons. The first-order valence-electron chi connectivity index (χ1n) is 6.08. The molecular formula is C14H18ClN3. The first kappa shape index (κ1) is 13.0. The maximum Gasteiger partial charge on any atom is 0.131 e. The van der Waals surface area contributed by atoms with Crippen molar-refractivity contribution in [1.82, 2.24) is 9.55 Å². The molecule has 0 aliphatic heterocycles. The zero-order valence-electron chi connectivity index (χ0n) is 10.9. The van der Waals surface area contributed by atoms with Crippen LogP contribution < -0.4 is 5.73 Å². The molecule has 0 atom stereocenters. The highest BCUT2D eigenvalue weighted by atomic mass is 35.5. The predicted molar refractivity (Wildman–Crippen MR) is 76.7 cm³/mol. The van der Waals surface area contributed by atoms with Crippen molar-refractivity contribution in [2.75, 3.05) is 5.73 Å². The number of aryl methyl sites for hydroxylation is 1. The molecule has 0 saturated heterocycles. The first-order valence-corrected chi connectivity index (χ1v) is 6.46. The maximum absolute atomic E-state index is 6.20. The van der Waals surface area contributed by atoms with E-state index in [9.17, 15) is 0 Å². The van der Waals surface area contributed by atoms with E-state index in [1.54, 1.807) is 0 Å². The van der Waals surface area contributed by atoms with E-state index in [1.165, 1.54) is 0 Å². The number of hydrogen-bond donors (Lipinski definition) is 1. The third kappa shape index (κ3) is 2.36. The fourth-order valence-corrected chi connectivity index (χ4v) is 2.25. The van der Waals surface area contributed by atoms with Crippen LogP contribution in [0.3, 0.4) is 0 Å². The molecule has 0 fully saturated rings. The Morgan fingerprint density at radius 3 is 2.61 bits per heavy atom. The molecule has 2 aromatic rings. The summed E-state index contributed by atoms with van der Waals surface area (Å²) in [5.74, 6) is 2.14. The number of nitrogens with two attached hydrogens (primary N) is 1. The van der Waals surface area contributed by atoms with E-state index in [-0.39, 0.29) is 0 Å². The van der Waals surface area contributed by atoms with Crippen molar-refractivity contribution in [3.8, 4) is 11.3 Å². The van der Waals surface area contributed by atoms with Crippen molar-refractivity contribution in [3.63, 3.8) is 0 Å². The highest BCUT2D eigenvalue weighted by Crippen LogP contribution is 2.32. The Labute approximate surface area is 113 Å². The van der Waals surface area contributed by atoms with Gasteiger partial charge in [-0.1, -0.05) is 43.6 Å². The molecule has 0 bridgehead atoms. The molecule has 0 aliphatic rings. The summed E-state index contributed by atoms with van der Waals surface area (Å²) in [7, 11) is 0. The first-order chi connectivity index (χ1) is 8.50. The Hall–Kier alpha value is -1.48. The monoisotopic (exact) mass is 263 g/mol. The minimum absolute atomic E-state index is 0.527. The molecule has 3 nitrogen and oxygen atoms in total. The van der Waals surface area contributed by atoms with Gasteiger partial charge in [-0.2, -0.15) is 0 Å². The number of benzene rings is 1. The van der Waals surface area contributed by atoms with E-state index >= 15 is 0 Å². The Morgan fingerprint density at radius 2 is 2.00 bits per heavy atom. The molecule has 2 rings (SSSR count). The van der Waals surface area contributed by atoms with E-state index in [2.05, 4.69) is 18.8 Å². The Kier molecular flexibility index (Phi) is 3.62. The minimum atomic E-state index is 0.527. The van der Waals surface area contributed by atoms with Gasteiger partial charge in [-0.05, 0) is 18.9 Å². The van der Waals surface area contributed by atoms with E-state index in [4.69, 9.17) is 17.3 Å². The van der Waals surface area contributed by atoms with Crippen molar-refractivity contribution in [1.29, 1.82) is 0 Å². The summed E-state index contributed by atoms with van der Waals surface area (Å²) in [4.78, 5) is 4.55. The molecule has 0 saturated carbocycles. The molecule has 4 heteroatoms. The van der Waals surface area contributed by atoms with Gasteiger partial charge in [0, 0.05) is 12.1 Å².